The van der Waals surface area contributed by atoms with Gasteiger partial charge in [0.2, 0.25) is 0 Å². The van der Waals surface area contributed by atoms with E-state index >= 15 is 4.39 Å². The summed E-state index contributed by atoms with van der Waals surface area (Å²) in [5, 5.41) is 20.8. The lowest BCUT2D eigenvalue weighted by Gasteiger charge is -2.47. The summed E-state index contributed by atoms with van der Waals surface area (Å²) < 4.78 is 44.2. The molecular weight excluding hydrogens is 583 g/mol. The molecule has 0 unspecified atom stereocenters. The maximum absolute atomic E-state index is 16.1. The zero-order chi connectivity index (χ0) is 31.9. The molecule has 0 saturated carbocycles. The van der Waals surface area contributed by atoms with Crippen molar-refractivity contribution in [2.45, 2.75) is 57.7 Å². The molecule has 1 amide bonds. The monoisotopic (exact) mass is 628 g/mol. The van der Waals surface area contributed by atoms with E-state index in [2.05, 4.69) is 16.0 Å². The molecule has 6 N–H and O–H groups in total. The van der Waals surface area contributed by atoms with E-state index in [1.807, 2.05) is 75.4 Å². The van der Waals surface area contributed by atoms with Gasteiger partial charge in [-0.15, -0.1) is 10.8 Å². The zero-order valence-electron chi connectivity index (χ0n) is 25.8. The number of benzene rings is 3. The van der Waals surface area contributed by atoms with Crippen molar-refractivity contribution in [1.82, 2.24) is 10.6 Å². The molecule has 3 aromatic rings. The Morgan fingerprint density at radius 3 is 2.52 bits per heavy atom. The number of aliphatic hydroxyl groups is 1. The van der Waals surface area contributed by atoms with E-state index < -0.39 is 40.2 Å². The summed E-state index contributed by atoms with van der Waals surface area (Å²) >= 11 is 0. The van der Waals surface area contributed by atoms with Crippen molar-refractivity contribution in [3.63, 3.8) is 0 Å². The largest absolute Gasteiger partial charge is 0.497 e. The van der Waals surface area contributed by atoms with Crippen LogP contribution in [0.2, 0.25) is 0 Å². The number of amides is 1. The first-order valence-electron chi connectivity index (χ1n) is 15.0. The number of halogens is 1. The summed E-state index contributed by atoms with van der Waals surface area (Å²) in [5.41, 5.74) is 1.54. The van der Waals surface area contributed by atoms with Crippen LogP contribution in [0.25, 0.3) is 0 Å². The lowest BCUT2D eigenvalue weighted by atomic mass is 9.93. The lowest BCUT2D eigenvalue weighted by Crippen LogP contribution is -2.51. The highest BCUT2D eigenvalue weighted by Gasteiger charge is 2.32. The van der Waals surface area contributed by atoms with Gasteiger partial charge >= 0.3 is 0 Å². The maximum Gasteiger partial charge on any atom is 0.254 e. The number of anilines is 2. The Morgan fingerprint density at radius 1 is 1.09 bits per heavy atom. The van der Waals surface area contributed by atoms with E-state index in [1.165, 1.54) is 16.4 Å². The fourth-order valence-electron chi connectivity index (χ4n) is 5.36. The Balaban J connectivity index is 1.60. The molecule has 1 aliphatic rings. The smallest absolute Gasteiger partial charge is 0.254 e. The van der Waals surface area contributed by atoms with Crippen LogP contribution >= 0.6 is 10.8 Å². The molecule has 2 atom stereocenters. The van der Waals surface area contributed by atoms with Crippen LogP contribution in [0.4, 0.5) is 15.8 Å². The molecule has 240 valence electrons. The van der Waals surface area contributed by atoms with Crippen LogP contribution in [-0.2, 0) is 12.0 Å². The number of rotatable bonds is 13. The Labute approximate surface area is 261 Å². The fraction of sp³-hybridized carbons (Fsp3) is 0.424. The highest BCUT2D eigenvalue weighted by atomic mass is 32.3. The lowest BCUT2D eigenvalue weighted by molar-refractivity contribution is 0.0810. The van der Waals surface area contributed by atoms with Gasteiger partial charge in [0.1, 0.15) is 5.75 Å². The summed E-state index contributed by atoms with van der Waals surface area (Å²) in [4.78, 5) is 13.8. The fourth-order valence-corrected chi connectivity index (χ4v) is 7.04. The van der Waals surface area contributed by atoms with Crippen molar-refractivity contribution in [2.75, 3.05) is 42.1 Å². The molecule has 3 aromatic carbocycles. The Morgan fingerprint density at radius 2 is 1.84 bits per heavy atom. The van der Waals surface area contributed by atoms with E-state index in [0.29, 0.717) is 31.5 Å². The van der Waals surface area contributed by atoms with Gasteiger partial charge in [0.25, 0.3) is 5.91 Å². The zero-order valence-corrected chi connectivity index (χ0v) is 26.7. The van der Waals surface area contributed by atoms with Crippen LogP contribution in [0.15, 0.2) is 66.7 Å². The van der Waals surface area contributed by atoms with Gasteiger partial charge < -0.3 is 25.8 Å². The second-order valence-electron chi connectivity index (χ2n) is 11.6. The van der Waals surface area contributed by atoms with Crippen molar-refractivity contribution < 1.29 is 28.1 Å². The molecule has 1 fully saturated rings. The number of aliphatic hydroxyl groups excluding tert-OH is 1. The average Bonchev–Trinajstić information content (AvgIpc) is 3.01. The predicted octanol–water partition coefficient (Wildman–Crippen LogP) is 5.76. The van der Waals surface area contributed by atoms with Gasteiger partial charge in [0.15, 0.2) is 5.82 Å². The van der Waals surface area contributed by atoms with Crippen LogP contribution in [0.5, 0.6) is 5.75 Å². The van der Waals surface area contributed by atoms with Crippen molar-refractivity contribution >= 4 is 28.1 Å². The minimum Gasteiger partial charge on any atom is -0.497 e. The number of nitrogens with zero attached hydrogens (tertiary/aromatic N) is 1. The standard InChI is InChI=1S/C33H45FN4O5S/c1-5-35-25-20-27(31(34)29(21-25)38-16-9-10-17-44(38,41)42)32(40)37-28(18-23-12-7-6-8-13-23)30(39)22-36-33(2,3)24-14-11-15-26(19-24)43-4/h6-8,11-15,19-21,28,30,35-36,39,41-42H,5,9-10,16-18,22H2,1-4H3,(H,37,40)/t28-,30+/m0/s1. The third kappa shape index (κ3) is 8.22. The third-order valence-corrected chi connectivity index (χ3v) is 9.88. The van der Waals surface area contributed by atoms with Gasteiger partial charge in [-0.3, -0.25) is 18.2 Å². The molecule has 4 rings (SSSR count). The second kappa shape index (κ2) is 14.6. The molecule has 44 heavy (non-hydrogen) atoms. The average molecular weight is 629 g/mol. The van der Waals surface area contributed by atoms with Gasteiger partial charge in [-0.25, -0.2) is 4.39 Å². The number of ether oxygens (including phenoxy) is 1. The van der Waals surface area contributed by atoms with Crippen LogP contribution in [0, 0.1) is 5.82 Å². The predicted molar refractivity (Wildman–Crippen MR) is 176 cm³/mol. The van der Waals surface area contributed by atoms with Gasteiger partial charge in [-0.1, -0.05) is 42.5 Å². The van der Waals surface area contributed by atoms with E-state index in [0.717, 1.165) is 16.9 Å². The maximum atomic E-state index is 16.1. The van der Waals surface area contributed by atoms with Crippen molar-refractivity contribution in [2.24, 2.45) is 0 Å². The number of hydrogen-bond acceptors (Lipinski definition) is 8. The van der Waals surface area contributed by atoms with Gasteiger partial charge in [-0.05, 0) is 75.4 Å². The number of hydrogen-bond donors (Lipinski definition) is 6. The number of carbonyl (C=O) groups excluding carboxylic acids is 1. The molecule has 1 saturated heterocycles. The molecule has 11 heteroatoms. The highest BCUT2D eigenvalue weighted by Crippen LogP contribution is 2.51. The first-order chi connectivity index (χ1) is 20.9. The van der Waals surface area contributed by atoms with Gasteiger partial charge in [0, 0.05) is 30.9 Å². The molecule has 0 radical (unpaired) electrons. The molecule has 0 aliphatic carbocycles. The van der Waals surface area contributed by atoms with E-state index in [9.17, 15) is 19.0 Å². The normalized spacial score (nSPS) is 17.0. The van der Waals surface area contributed by atoms with Crippen molar-refractivity contribution in [3.05, 3.63) is 89.2 Å². The summed E-state index contributed by atoms with van der Waals surface area (Å²) in [6.07, 6.45) is 0.579. The Kier molecular flexibility index (Phi) is 11.1. The van der Waals surface area contributed by atoms with Crippen molar-refractivity contribution in [1.29, 1.82) is 0 Å². The summed E-state index contributed by atoms with van der Waals surface area (Å²) in [6.45, 7) is 6.79. The Hall–Kier alpha value is -3.35. The Bertz CT molecular complexity index is 1410. The second-order valence-corrected chi connectivity index (χ2v) is 13.7. The van der Waals surface area contributed by atoms with E-state index in [1.54, 1.807) is 7.11 Å². The SMILES string of the molecule is CCNc1cc(C(=O)N[C@@H](Cc2ccccc2)[C@H](O)CNC(C)(C)c2cccc(OC)c2)c(F)c(N2CCCCS2(O)O)c1. The number of methoxy groups -OCH3 is 1. The van der Waals surface area contributed by atoms with Crippen LogP contribution in [0.3, 0.4) is 0 Å². The quantitative estimate of drug-likeness (QED) is 0.141. The summed E-state index contributed by atoms with van der Waals surface area (Å²) in [6, 6.07) is 19.3. The summed E-state index contributed by atoms with van der Waals surface area (Å²) in [7, 11) is -1.61. The van der Waals surface area contributed by atoms with Gasteiger partial charge in [0.05, 0.1) is 36.3 Å². The summed E-state index contributed by atoms with van der Waals surface area (Å²) in [5.74, 6) is -0.677. The van der Waals surface area contributed by atoms with Crippen LogP contribution in [0.1, 0.15) is 55.1 Å². The minimum absolute atomic E-state index is 0.0323. The highest BCUT2D eigenvalue weighted by molar-refractivity contribution is 8.25. The van der Waals surface area contributed by atoms with E-state index in [4.69, 9.17) is 4.74 Å². The molecule has 0 spiro atoms. The number of nitrogens with one attached hydrogen (secondary N) is 3. The van der Waals surface area contributed by atoms with Crippen molar-refractivity contribution in [3.8, 4) is 5.75 Å². The number of carbonyl (C=O) groups is 1. The van der Waals surface area contributed by atoms with Crippen LogP contribution < -0.4 is 25.0 Å². The topological polar surface area (TPSA) is 126 Å². The molecule has 0 bridgehead atoms. The minimum atomic E-state index is -3.22. The molecular formula is C33H45FN4O5S. The molecule has 1 aliphatic heterocycles. The van der Waals surface area contributed by atoms with E-state index in [-0.39, 0.29) is 30.1 Å². The molecule has 9 nitrogen and oxygen atoms in total. The molecule has 0 aromatic heterocycles. The third-order valence-electron chi connectivity index (χ3n) is 7.95. The molecule has 1 heterocycles. The first kappa shape index (κ1) is 33.5. The first-order valence-corrected chi connectivity index (χ1v) is 16.7. The van der Waals surface area contributed by atoms with Gasteiger partial charge in [-0.2, -0.15) is 0 Å². The van der Waals surface area contributed by atoms with Crippen LogP contribution in [-0.4, -0.2) is 64.8 Å².